The summed E-state index contributed by atoms with van der Waals surface area (Å²) >= 11 is 0. The molecule has 1 amide bonds. The van der Waals surface area contributed by atoms with Crippen LogP contribution < -0.4 is 5.32 Å². The summed E-state index contributed by atoms with van der Waals surface area (Å²) in [6.07, 6.45) is 4.93. The number of halogens is 1. The molecule has 0 bridgehead atoms. The Kier molecular flexibility index (Phi) is 4.00. The van der Waals surface area contributed by atoms with Gasteiger partial charge in [-0.25, -0.2) is 4.39 Å². The number of hydrogen-bond donors (Lipinski definition) is 1. The van der Waals surface area contributed by atoms with Crippen molar-refractivity contribution < 1.29 is 9.18 Å². The molecule has 2 nitrogen and oxygen atoms in total. The van der Waals surface area contributed by atoms with E-state index in [1.807, 2.05) is 0 Å². The predicted octanol–water partition coefficient (Wildman–Crippen LogP) is 3.44. The van der Waals surface area contributed by atoms with Gasteiger partial charge in [-0.1, -0.05) is 12.8 Å². The minimum Gasteiger partial charge on any atom is -0.349 e. The second-order valence-electron chi connectivity index (χ2n) is 5.27. The number of nitrogens with one attached hydrogen (secondary N) is 1. The van der Waals surface area contributed by atoms with E-state index < -0.39 is 0 Å². The van der Waals surface area contributed by atoms with Gasteiger partial charge in [-0.15, -0.1) is 0 Å². The first-order chi connectivity index (χ1) is 8.58. The van der Waals surface area contributed by atoms with Crippen LogP contribution in [0.5, 0.6) is 0 Å². The molecule has 0 heterocycles. The molecule has 1 unspecified atom stereocenters. The molecule has 0 saturated heterocycles. The Hall–Kier alpha value is -1.38. The lowest BCUT2D eigenvalue weighted by Crippen LogP contribution is -2.37. The first-order valence-electron chi connectivity index (χ1n) is 6.65. The number of amides is 1. The summed E-state index contributed by atoms with van der Waals surface area (Å²) in [7, 11) is 0. The third kappa shape index (κ3) is 2.89. The SMILES string of the molecule is Cc1cc(C(=O)NC(C)C2CCCC2)ccc1F. The molecule has 18 heavy (non-hydrogen) atoms. The Bertz CT molecular complexity index is 438. The van der Waals surface area contributed by atoms with E-state index in [1.165, 1.54) is 31.7 Å². The van der Waals surface area contributed by atoms with Gasteiger partial charge in [0.25, 0.3) is 5.91 Å². The van der Waals surface area contributed by atoms with Gasteiger partial charge >= 0.3 is 0 Å². The number of hydrogen-bond acceptors (Lipinski definition) is 1. The summed E-state index contributed by atoms with van der Waals surface area (Å²) in [6, 6.07) is 4.69. The Morgan fingerprint density at radius 1 is 1.39 bits per heavy atom. The largest absolute Gasteiger partial charge is 0.349 e. The third-order valence-corrected chi connectivity index (χ3v) is 3.89. The van der Waals surface area contributed by atoms with Gasteiger partial charge in [0, 0.05) is 11.6 Å². The van der Waals surface area contributed by atoms with Crippen LogP contribution in [0.25, 0.3) is 0 Å². The first-order valence-corrected chi connectivity index (χ1v) is 6.65. The number of benzene rings is 1. The standard InChI is InChI=1S/C15H20FNO/c1-10-9-13(7-8-14(10)16)15(18)17-11(2)12-5-3-4-6-12/h7-9,11-12H,3-6H2,1-2H3,(H,17,18). The van der Waals surface area contributed by atoms with Crippen molar-refractivity contribution in [2.75, 3.05) is 0 Å². The molecule has 0 radical (unpaired) electrons. The predicted molar refractivity (Wildman–Crippen MR) is 70.0 cm³/mol. The van der Waals surface area contributed by atoms with Crippen molar-refractivity contribution in [2.45, 2.75) is 45.6 Å². The Morgan fingerprint density at radius 3 is 2.67 bits per heavy atom. The lowest BCUT2D eigenvalue weighted by molar-refractivity contribution is 0.0927. The maximum atomic E-state index is 13.1. The van der Waals surface area contributed by atoms with E-state index in [9.17, 15) is 9.18 Å². The van der Waals surface area contributed by atoms with Crippen molar-refractivity contribution in [3.05, 3.63) is 35.1 Å². The van der Waals surface area contributed by atoms with Gasteiger partial charge in [0.05, 0.1) is 0 Å². The van der Waals surface area contributed by atoms with Crippen molar-refractivity contribution >= 4 is 5.91 Å². The molecule has 1 aromatic carbocycles. The maximum Gasteiger partial charge on any atom is 0.251 e. The van der Waals surface area contributed by atoms with E-state index in [4.69, 9.17) is 0 Å². The molecule has 1 aliphatic rings. The summed E-state index contributed by atoms with van der Waals surface area (Å²) in [6.45, 7) is 3.73. The average molecular weight is 249 g/mol. The molecule has 1 aromatic rings. The Labute approximate surface area is 108 Å². The van der Waals surface area contributed by atoms with Gasteiger partial charge in [-0.05, 0) is 56.4 Å². The molecule has 3 heteroatoms. The molecule has 1 aliphatic carbocycles. The van der Waals surface area contributed by atoms with Crippen LogP contribution in [0.4, 0.5) is 4.39 Å². The van der Waals surface area contributed by atoms with Crippen molar-refractivity contribution in [2.24, 2.45) is 5.92 Å². The highest BCUT2D eigenvalue weighted by atomic mass is 19.1. The highest BCUT2D eigenvalue weighted by molar-refractivity contribution is 5.94. The zero-order valence-corrected chi connectivity index (χ0v) is 11.0. The summed E-state index contributed by atoms with van der Waals surface area (Å²) in [5.41, 5.74) is 1.05. The van der Waals surface area contributed by atoms with Crippen LogP contribution in [0.1, 0.15) is 48.5 Å². The smallest absolute Gasteiger partial charge is 0.251 e. The third-order valence-electron chi connectivity index (χ3n) is 3.89. The lowest BCUT2D eigenvalue weighted by atomic mass is 9.99. The second-order valence-corrected chi connectivity index (χ2v) is 5.27. The van der Waals surface area contributed by atoms with Crippen LogP contribution in [0.2, 0.25) is 0 Å². The highest BCUT2D eigenvalue weighted by Crippen LogP contribution is 2.27. The molecule has 0 aliphatic heterocycles. The number of aryl methyl sites for hydroxylation is 1. The van der Waals surface area contributed by atoms with Gasteiger partial charge in [0.1, 0.15) is 5.82 Å². The molecular formula is C15H20FNO. The molecular weight excluding hydrogens is 229 g/mol. The average Bonchev–Trinajstić information content (AvgIpc) is 2.86. The topological polar surface area (TPSA) is 29.1 Å². The number of carbonyl (C=O) groups is 1. The Balaban J connectivity index is 2.00. The minimum atomic E-state index is -0.268. The fourth-order valence-corrected chi connectivity index (χ4v) is 2.65. The minimum absolute atomic E-state index is 0.0995. The monoisotopic (exact) mass is 249 g/mol. The summed E-state index contributed by atoms with van der Waals surface area (Å²) in [5.74, 6) is 0.225. The van der Waals surface area contributed by atoms with Crippen LogP contribution >= 0.6 is 0 Å². The van der Waals surface area contributed by atoms with Gasteiger partial charge in [-0.2, -0.15) is 0 Å². The van der Waals surface area contributed by atoms with E-state index >= 15 is 0 Å². The molecule has 98 valence electrons. The summed E-state index contributed by atoms with van der Waals surface area (Å²) < 4.78 is 13.1. The molecule has 2 rings (SSSR count). The molecule has 1 N–H and O–H groups in total. The van der Waals surface area contributed by atoms with E-state index in [1.54, 1.807) is 19.1 Å². The normalized spacial score (nSPS) is 17.7. The quantitative estimate of drug-likeness (QED) is 0.873. The van der Waals surface area contributed by atoms with Crippen LogP contribution in [0.15, 0.2) is 18.2 Å². The second kappa shape index (κ2) is 5.51. The maximum absolute atomic E-state index is 13.1. The molecule has 1 fully saturated rings. The molecule has 1 atom stereocenters. The van der Waals surface area contributed by atoms with Gasteiger partial charge in [0.15, 0.2) is 0 Å². The summed E-state index contributed by atoms with van der Waals surface area (Å²) in [4.78, 5) is 12.0. The number of rotatable bonds is 3. The van der Waals surface area contributed by atoms with Crippen LogP contribution in [-0.2, 0) is 0 Å². The van der Waals surface area contributed by atoms with Crippen molar-refractivity contribution in [3.63, 3.8) is 0 Å². The Morgan fingerprint density at radius 2 is 2.06 bits per heavy atom. The van der Waals surface area contributed by atoms with Gasteiger partial charge in [-0.3, -0.25) is 4.79 Å². The van der Waals surface area contributed by atoms with Crippen LogP contribution in [-0.4, -0.2) is 11.9 Å². The molecule has 0 spiro atoms. The van der Waals surface area contributed by atoms with Crippen molar-refractivity contribution in [3.8, 4) is 0 Å². The van der Waals surface area contributed by atoms with Crippen LogP contribution in [0.3, 0.4) is 0 Å². The van der Waals surface area contributed by atoms with E-state index in [2.05, 4.69) is 12.2 Å². The zero-order chi connectivity index (χ0) is 13.1. The van der Waals surface area contributed by atoms with Crippen molar-refractivity contribution in [1.82, 2.24) is 5.32 Å². The first kappa shape index (κ1) is 13.1. The van der Waals surface area contributed by atoms with E-state index in [0.29, 0.717) is 17.0 Å². The number of carbonyl (C=O) groups excluding carboxylic acids is 1. The van der Waals surface area contributed by atoms with Crippen molar-refractivity contribution in [1.29, 1.82) is 0 Å². The van der Waals surface area contributed by atoms with Crippen LogP contribution in [0, 0.1) is 18.7 Å². The zero-order valence-electron chi connectivity index (χ0n) is 11.0. The fourth-order valence-electron chi connectivity index (χ4n) is 2.65. The van der Waals surface area contributed by atoms with E-state index in [0.717, 1.165) is 0 Å². The molecule has 1 saturated carbocycles. The van der Waals surface area contributed by atoms with Gasteiger partial charge < -0.3 is 5.32 Å². The van der Waals surface area contributed by atoms with Gasteiger partial charge in [0.2, 0.25) is 0 Å². The van der Waals surface area contributed by atoms with E-state index in [-0.39, 0.29) is 17.8 Å². The highest BCUT2D eigenvalue weighted by Gasteiger charge is 2.23. The fraction of sp³-hybridized carbons (Fsp3) is 0.533. The summed E-state index contributed by atoms with van der Waals surface area (Å²) in [5, 5.41) is 3.02. The molecule has 0 aromatic heterocycles. The lowest BCUT2D eigenvalue weighted by Gasteiger charge is -2.20.